The summed E-state index contributed by atoms with van der Waals surface area (Å²) in [5.74, 6) is 0. The molecule has 0 aromatic heterocycles. The number of hydrogen-bond donors (Lipinski definition) is 2. The van der Waals surface area contributed by atoms with E-state index in [-0.39, 0.29) is 6.04 Å². The molecule has 0 radical (unpaired) electrons. The quantitative estimate of drug-likeness (QED) is 0.734. The molecule has 0 aliphatic heterocycles. The van der Waals surface area contributed by atoms with Crippen LogP contribution in [0.2, 0.25) is 0 Å². The van der Waals surface area contributed by atoms with Crippen molar-refractivity contribution in [3.63, 3.8) is 0 Å². The van der Waals surface area contributed by atoms with Crippen LogP contribution in [-0.4, -0.2) is 20.5 Å². The lowest BCUT2D eigenvalue weighted by Crippen LogP contribution is -2.34. The van der Waals surface area contributed by atoms with E-state index in [4.69, 9.17) is 0 Å². The first-order valence-corrected chi connectivity index (χ1v) is 9.78. The molecule has 6 heteroatoms. The smallest absolute Gasteiger partial charge is 0.241 e. The van der Waals surface area contributed by atoms with Gasteiger partial charge in [-0.2, -0.15) is 0 Å². The van der Waals surface area contributed by atoms with Crippen LogP contribution in [-0.2, 0) is 16.6 Å². The van der Waals surface area contributed by atoms with Crippen molar-refractivity contribution in [2.75, 3.05) is 0 Å². The molecule has 1 fully saturated rings. The third-order valence-corrected chi connectivity index (χ3v) is 6.26. The van der Waals surface area contributed by atoms with Crippen LogP contribution in [0.4, 0.5) is 0 Å². The zero-order valence-corrected chi connectivity index (χ0v) is 14.9. The van der Waals surface area contributed by atoms with Crippen molar-refractivity contribution in [3.05, 3.63) is 28.2 Å². The van der Waals surface area contributed by atoms with Gasteiger partial charge in [0.15, 0.2) is 0 Å². The summed E-state index contributed by atoms with van der Waals surface area (Å²) in [6.07, 6.45) is 4.06. The molecule has 0 unspecified atom stereocenters. The molecule has 1 aliphatic carbocycles. The van der Waals surface area contributed by atoms with Gasteiger partial charge in [-0.1, -0.05) is 19.9 Å². The van der Waals surface area contributed by atoms with Gasteiger partial charge in [0.25, 0.3) is 0 Å². The molecule has 21 heavy (non-hydrogen) atoms. The molecule has 1 aliphatic rings. The molecular weight excluding hydrogens is 352 g/mol. The highest BCUT2D eigenvalue weighted by Gasteiger charge is 2.22. The normalized spacial score (nSPS) is 15.6. The van der Waals surface area contributed by atoms with Crippen LogP contribution in [0.3, 0.4) is 0 Å². The van der Waals surface area contributed by atoms with Gasteiger partial charge in [-0.05, 0) is 59.3 Å². The molecule has 0 atom stereocenters. The number of halogens is 1. The Morgan fingerprint density at radius 3 is 2.48 bits per heavy atom. The fraction of sp³-hybridized carbons (Fsp3) is 0.600. The van der Waals surface area contributed by atoms with Crippen molar-refractivity contribution in [1.82, 2.24) is 10.0 Å². The Labute approximate surface area is 135 Å². The molecule has 2 rings (SSSR count). The maximum absolute atomic E-state index is 12.4. The van der Waals surface area contributed by atoms with Gasteiger partial charge < -0.3 is 5.32 Å². The highest BCUT2D eigenvalue weighted by Crippen LogP contribution is 2.25. The first-order valence-electron chi connectivity index (χ1n) is 7.50. The Balaban J connectivity index is 2.10. The second-order valence-corrected chi connectivity index (χ2v) is 8.09. The fourth-order valence-electron chi connectivity index (χ4n) is 2.16. The van der Waals surface area contributed by atoms with Gasteiger partial charge in [0, 0.05) is 23.1 Å². The van der Waals surface area contributed by atoms with E-state index in [1.165, 1.54) is 12.8 Å². The van der Waals surface area contributed by atoms with Crippen molar-refractivity contribution in [2.45, 2.75) is 63.1 Å². The standard InChI is InChI=1S/C15H23BrN2O2S/c1-3-12(4-2)18-21(19,20)15-8-5-11(9-14(15)16)10-17-13-6-7-13/h5,8-9,12-13,17-18H,3-4,6-7,10H2,1-2H3. The average Bonchev–Trinajstić information content (AvgIpc) is 3.26. The van der Waals surface area contributed by atoms with Crippen LogP contribution in [0.5, 0.6) is 0 Å². The van der Waals surface area contributed by atoms with E-state index in [2.05, 4.69) is 26.0 Å². The minimum Gasteiger partial charge on any atom is -0.310 e. The van der Waals surface area contributed by atoms with Gasteiger partial charge in [-0.3, -0.25) is 0 Å². The van der Waals surface area contributed by atoms with E-state index in [9.17, 15) is 8.42 Å². The second kappa shape index (κ2) is 7.22. The number of rotatable bonds is 8. The Kier molecular flexibility index (Phi) is 5.82. The van der Waals surface area contributed by atoms with Crippen LogP contribution in [0.15, 0.2) is 27.6 Å². The number of benzene rings is 1. The van der Waals surface area contributed by atoms with E-state index >= 15 is 0 Å². The van der Waals surface area contributed by atoms with E-state index in [1.54, 1.807) is 6.07 Å². The van der Waals surface area contributed by atoms with Crippen molar-refractivity contribution in [3.8, 4) is 0 Å². The molecule has 4 nitrogen and oxygen atoms in total. The van der Waals surface area contributed by atoms with Gasteiger partial charge >= 0.3 is 0 Å². The average molecular weight is 375 g/mol. The first-order chi connectivity index (χ1) is 9.96. The summed E-state index contributed by atoms with van der Waals surface area (Å²) in [5.41, 5.74) is 1.09. The monoisotopic (exact) mass is 374 g/mol. The summed E-state index contributed by atoms with van der Waals surface area (Å²) in [5, 5.41) is 3.42. The zero-order chi connectivity index (χ0) is 15.5. The van der Waals surface area contributed by atoms with Gasteiger partial charge in [0.05, 0.1) is 4.90 Å². The summed E-state index contributed by atoms with van der Waals surface area (Å²) < 4.78 is 28.2. The topological polar surface area (TPSA) is 58.2 Å². The SMILES string of the molecule is CCC(CC)NS(=O)(=O)c1ccc(CNC2CC2)cc1Br. The third-order valence-electron chi connectivity index (χ3n) is 3.77. The molecular formula is C15H23BrN2O2S. The van der Waals surface area contributed by atoms with Crippen LogP contribution in [0.25, 0.3) is 0 Å². The molecule has 118 valence electrons. The van der Waals surface area contributed by atoms with Gasteiger partial charge in [0.1, 0.15) is 0 Å². The lowest BCUT2D eigenvalue weighted by molar-refractivity contribution is 0.530. The van der Waals surface area contributed by atoms with E-state index in [1.807, 2.05) is 26.0 Å². The van der Waals surface area contributed by atoms with Gasteiger partial charge in [0.2, 0.25) is 10.0 Å². The molecule has 0 saturated heterocycles. The van der Waals surface area contributed by atoms with E-state index in [0.717, 1.165) is 24.9 Å². The summed E-state index contributed by atoms with van der Waals surface area (Å²) in [4.78, 5) is 0.310. The van der Waals surface area contributed by atoms with Gasteiger partial charge in [-0.15, -0.1) is 0 Å². The van der Waals surface area contributed by atoms with Gasteiger partial charge in [-0.25, -0.2) is 13.1 Å². The molecule has 1 aromatic rings. The van der Waals surface area contributed by atoms with E-state index in [0.29, 0.717) is 15.4 Å². The number of nitrogens with one attached hydrogen (secondary N) is 2. The lowest BCUT2D eigenvalue weighted by Gasteiger charge is -2.16. The van der Waals surface area contributed by atoms with Crippen LogP contribution in [0.1, 0.15) is 45.1 Å². The predicted molar refractivity (Wildman–Crippen MR) is 88.7 cm³/mol. The maximum Gasteiger partial charge on any atom is 0.241 e. The summed E-state index contributed by atoms with van der Waals surface area (Å²) in [7, 11) is -3.47. The van der Waals surface area contributed by atoms with Crippen molar-refractivity contribution >= 4 is 26.0 Å². The second-order valence-electron chi connectivity index (χ2n) is 5.55. The number of hydrogen-bond acceptors (Lipinski definition) is 3. The molecule has 1 saturated carbocycles. The molecule has 0 amide bonds. The summed E-state index contributed by atoms with van der Waals surface area (Å²) >= 11 is 3.39. The largest absolute Gasteiger partial charge is 0.310 e. The minimum absolute atomic E-state index is 0.0156. The Bertz CT molecular complexity index is 581. The van der Waals surface area contributed by atoms with E-state index < -0.39 is 10.0 Å². The van der Waals surface area contributed by atoms with Crippen molar-refractivity contribution in [2.24, 2.45) is 0 Å². The molecule has 2 N–H and O–H groups in total. The zero-order valence-electron chi connectivity index (χ0n) is 12.5. The Morgan fingerprint density at radius 1 is 1.29 bits per heavy atom. The minimum atomic E-state index is -3.47. The molecule has 0 bridgehead atoms. The highest BCUT2D eigenvalue weighted by molar-refractivity contribution is 9.10. The maximum atomic E-state index is 12.4. The summed E-state index contributed by atoms with van der Waals surface area (Å²) in [6.45, 7) is 4.75. The Morgan fingerprint density at radius 2 is 1.95 bits per heavy atom. The number of sulfonamides is 1. The molecule has 1 aromatic carbocycles. The lowest BCUT2D eigenvalue weighted by atomic mass is 10.2. The van der Waals surface area contributed by atoms with Crippen LogP contribution < -0.4 is 10.0 Å². The van der Waals surface area contributed by atoms with Crippen LogP contribution >= 0.6 is 15.9 Å². The fourth-order valence-corrected chi connectivity index (χ4v) is 4.69. The van der Waals surface area contributed by atoms with Crippen molar-refractivity contribution < 1.29 is 8.42 Å². The third kappa shape index (κ3) is 4.77. The molecule has 0 spiro atoms. The van der Waals surface area contributed by atoms with Crippen molar-refractivity contribution in [1.29, 1.82) is 0 Å². The van der Waals surface area contributed by atoms with Crippen LogP contribution in [0, 0.1) is 0 Å². The molecule has 0 heterocycles. The Hall–Kier alpha value is -0.430. The first kappa shape index (κ1) is 16.9. The highest BCUT2D eigenvalue weighted by atomic mass is 79.9. The predicted octanol–water partition coefficient (Wildman–Crippen LogP) is 3.17. The summed E-state index contributed by atoms with van der Waals surface area (Å²) in [6, 6.07) is 6.07.